The van der Waals surface area contributed by atoms with Crippen LogP contribution in [0, 0.1) is 5.82 Å². The maximum absolute atomic E-state index is 14.3. The van der Waals surface area contributed by atoms with Crippen LogP contribution in [0.15, 0.2) is 36.4 Å². The van der Waals surface area contributed by atoms with Gasteiger partial charge in [0.15, 0.2) is 5.82 Å². The summed E-state index contributed by atoms with van der Waals surface area (Å²) >= 11 is 0. The number of hydrogen-bond donors (Lipinski definition) is 2. The lowest BCUT2D eigenvalue weighted by Gasteiger charge is -2.44. The maximum atomic E-state index is 14.3. The van der Waals surface area contributed by atoms with Crippen molar-refractivity contribution >= 4 is 22.8 Å². The summed E-state index contributed by atoms with van der Waals surface area (Å²) < 4.78 is 55.0. The second-order valence-electron chi connectivity index (χ2n) is 9.55. The van der Waals surface area contributed by atoms with Crippen LogP contribution in [0.1, 0.15) is 36.8 Å². The lowest BCUT2D eigenvalue weighted by Crippen LogP contribution is -2.52. The first-order valence-electron chi connectivity index (χ1n) is 11.5. The van der Waals surface area contributed by atoms with Crippen molar-refractivity contribution in [3.8, 4) is 0 Å². The molecule has 5 rings (SSSR count). The number of hydrogen-bond acceptors (Lipinski definition) is 4. The molecule has 1 saturated heterocycles. The van der Waals surface area contributed by atoms with Crippen LogP contribution in [0.2, 0.25) is 0 Å². The van der Waals surface area contributed by atoms with Crippen LogP contribution in [-0.4, -0.2) is 51.6 Å². The summed E-state index contributed by atoms with van der Waals surface area (Å²) in [6.45, 7) is 0.914. The van der Waals surface area contributed by atoms with Gasteiger partial charge in [-0.2, -0.15) is 13.2 Å². The largest absolute Gasteiger partial charge is 0.419 e. The van der Waals surface area contributed by atoms with Crippen molar-refractivity contribution in [1.29, 1.82) is 0 Å². The zero-order valence-corrected chi connectivity index (χ0v) is 19.4. The van der Waals surface area contributed by atoms with Gasteiger partial charge in [-0.25, -0.2) is 13.9 Å². The molecule has 2 aliphatic rings. The van der Waals surface area contributed by atoms with Gasteiger partial charge in [0.05, 0.1) is 16.8 Å². The monoisotopic (exact) mass is 490 g/mol. The molecule has 2 amide bonds. The van der Waals surface area contributed by atoms with Crippen molar-refractivity contribution in [2.75, 3.05) is 18.9 Å². The molecule has 2 fully saturated rings. The average Bonchev–Trinajstić information content (AvgIpc) is 3.35. The van der Waals surface area contributed by atoms with Crippen LogP contribution in [0.3, 0.4) is 0 Å². The molecular weight excluding hydrogens is 464 g/mol. The van der Waals surface area contributed by atoms with Crippen molar-refractivity contribution < 1.29 is 22.4 Å². The first-order valence-corrected chi connectivity index (χ1v) is 11.5. The van der Waals surface area contributed by atoms with Gasteiger partial charge >= 0.3 is 12.2 Å². The van der Waals surface area contributed by atoms with Gasteiger partial charge in [0.25, 0.3) is 0 Å². The Morgan fingerprint density at radius 2 is 1.97 bits per heavy atom. The summed E-state index contributed by atoms with van der Waals surface area (Å²) in [6, 6.07) is 8.36. The third-order valence-corrected chi connectivity index (χ3v) is 7.60. The predicted molar refractivity (Wildman–Crippen MR) is 122 cm³/mol. The number of carbonyl (C=O) groups excluding carboxylic acids is 1. The minimum Gasteiger partial charge on any atom is -0.335 e. The molecule has 11 heteroatoms. The number of carbonyl (C=O) groups is 1. The highest BCUT2D eigenvalue weighted by atomic mass is 19.4. The molecule has 2 aromatic carbocycles. The van der Waals surface area contributed by atoms with E-state index in [2.05, 4.69) is 45.0 Å². The van der Waals surface area contributed by atoms with E-state index in [9.17, 15) is 22.4 Å². The fourth-order valence-corrected chi connectivity index (χ4v) is 5.79. The van der Waals surface area contributed by atoms with E-state index in [1.807, 2.05) is 13.1 Å². The molecule has 186 valence electrons. The van der Waals surface area contributed by atoms with Crippen LogP contribution < -0.4 is 10.6 Å². The normalized spacial score (nSPS) is 25.0. The van der Waals surface area contributed by atoms with Crippen LogP contribution >= 0.6 is 0 Å². The number of aryl methyl sites for hydroxylation is 1. The van der Waals surface area contributed by atoms with Crippen LogP contribution in [-0.2, 0) is 18.6 Å². The number of rotatable bonds is 3. The summed E-state index contributed by atoms with van der Waals surface area (Å²) in [6.07, 6.45) is -1.66. The highest BCUT2D eigenvalue weighted by Gasteiger charge is 2.50. The van der Waals surface area contributed by atoms with Gasteiger partial charge in [0.2, 0.25) is 0 Å². The molecule has 1 aliphatic carbocycles. The lowest BCUT2D eigenvalue weighted by molar-refractivity contribution is -0.139. The minimum atomic E-state index is -4.84. The van der Waals surface area contributed by atoms with E-state index < -0.39 is 29.3 Å². The summed E-state index contributed by atoms with van der Waals surface area (Å²) in [5.74, 6) is -1.49. The van der Waals surface area contributed by atoms with Crippen molar-refractivity contribution in [2.24, 2.45) is 7.05 Å². The van der Waals surface area contributed by atoms with E-state index in [1.165, 1.54) is 5.56 Å². The quantitative estimate of drug-likeness (QED) is 0.533. The number of fused-ring (bicyclic) bond motifs is 2. The Bertz CT molecular complexity index is 1270. The molecule has 7 nitrogen and oxygen atoms in total. The van der Waals surface area contributed by atoms with Gasteiger partial charge in [-0.15, -0.1) is 5.10 Å². The van der Waals surface area contributed by atoms with E-state index in [1.54, 1.807) is 4.68 Å². The second-order valence-corrected chi connectivity index (χ2v) is 9.55. The number of nitrogens with one attached hydrogen (secondary N) is 2. The number of anilines is 1. The zero-order valence-electron chi connectivity index (χ0n) is 19.4. The molecule has 3 aromatic rings. The number of likely N-dealkylation sites (tertiary alicyclic amines) is 1. The highest BCUT2D eigenvalue weighted by molar-refractivity contribution is 5.89. The van der Waals surface area contributed by atoms with Crippen molar-refractivity contribution in [3.05, 3.63) is 53.3 Å². The van der Waals surface area contributed by atoms with Gasteiger partial charge < -0.3 is 15.5 Å². The molecule has 2 N–H and O–H groups in total. The Hall–Kier alpha value is -3.21. The first-order chi connectivity index (χ1) is 16.6. The summed E-state index contributed by atoms with van der Waals surface area (Å²) in [7, 11) is 3.92. The molecule has 2 heterocycles. The SMILES string of the molecule is CN1CC[C@]2(c3ccc4c(c3)nnn4C)CC[C@@H](NC(=O)Nc3cccc(C(F)(F)F)c3F)C[C@H]12. The van der Waals surface area contributed by atoms with Crippen LogP contribution in [0.25, 0.3) is 11.0 Å². The molecule has 3 atom stereocenters. The number of halogens is 4. The third kappa shape index (κ3) is 4.11. The topological polar surface area (TPSA) is 75.1 Å². The fraction of sp³-hybridized carbons (Fsp3) is 0.458. The van der Waals surface area contributed by atoms with E-state index in [-0.39, 0.29) is 17.5 Å². The fourth-order valence-electron chi connectivity index (χ4n) is 5.79. The molecule has 35 heavy (non-hydrogen) atoms. The maximum Gasteiger partial charge on any atom is 0.419 e. The Labute approximate surface area is 199 Å². The molecule has 0 unspecified atom stereocenters. The van der Waals surface area contributed by atoms with Gasteiger partial charge in [-0.1, -0.05) is 17.3 Å². The smallest absolute Gasteiger partial charge is 0.335 e. The van der Waals surface area contributed by atoms with Gasteiger partial charge in [-0.3, -0.25) is 0 Å². The van der Waals surface area contributed by atoms with Crippen molar-refractivity contribution in [1.82, 2.24) is 25.2 Å². The van der Waals surface area contributed by atoms with Crippen LogP contribution in [0.5, 0.6) is 0 Å². The van der Waals surface area contributed by atoms with Crippen molar-refractivity contribution in [2.45, 2.75) is 49.4 Å². The zero-order chi connectivity index (χ0) is 25.0. The van der Waals surface area contributed by atoms with E-state index in [0.717, 1.165) is 42.6 Å². The van der Waals surface area contributed by atoms with E-state index >= 15 is 0 Å². The van der Waals surface area contributed by atoms with Gasteiger partial charge in [-0.05, 0) is 69.1 Å². The number of aromatic nitrogens is 3. The average molecular weight is 491 g/mol. The van der Waals surface area contributed by atoms with E-state index in [0.29, 0.717) is 18.9 Å². The van der Waals surface area contributed by atoms with Crippen LogP contribution in [0.4, 0.5) is 28.0 Å². The lowest BCUT2D eigenvalue weighted by atomic mass is 9.65. The molecule has 0 spiro atoms. The number of nitrogens with zero attached hydrogens (tertiary/aromatic N) is 4. The Morgan fingerprint density at radius 1 is 1.17 bits per heavy atom. The molecule has 0 bridgehead atoms. The first kappa shape index (κ1) is 23.5. The Morgan fingerprint density at radius 3 is 2.74 bits per heavy atom. The molecule has 1 aliphatic heterocycles. The molecule has 1 saturated carbocycles. The number of benzene rings is 2. The Kier molecular flexibility index (Phi) is 5.70. The number of amides is 2. The van der Waals surface area contributed by atoms with Gasteiger partial charge in [0, 0.05) is 24.5 Å². The number of urea groups is 1. The van der Waals surface area contributed by atoms with Gasteiger partial charge in [0.1, 0.15) is 5.52 Å². The predicted octanol–water partition coefficient (Wildman–Crippen LogP) is 4.44. The molecule has 1 aromatic heterocycles. The molecule has 0 radical (unpaired) electrons. The number of alkyl halides is 3. The summed E-state index contributed by atoms with van der Waals surface area (Å²) in [5, 5.41) is 13.4. The minimum absolute atomic E-state index is 0.0811. The third-order valence-electron chi connectivity index (χ3n) is 7.60. The molecular formula is C24H26F4N6O. The summed E-state index contributed by atoms with van der Waals surface area (Å²) in [5.41, 5.74) is 1.01. The van der Waals surface area contributed by atoms with Crippen molar-refractivity contribution in [3.63, 3.8) is 0 Å². The number of likely N-dealkylation sites (N-methyl/N-ethyl adjacent to an activating group) is 1. The standard InChI is InChI=1S/C24H26F4N6O/c1-33-11-10-23(14-6-7-19-18(12-14)31-32-34(19)2)9-8-15(13-20(23)33)29-22(35)30-17-5-3-4-16(21(17)25)24(26,27)28/h3-7,12,15,20H,8-11,13H2,1-2H3,(H2,29,30,35)/t15-,20+,23+/m1/s1. The summed E-state index contributed by atoms with van der Waals surface area (Å²) in [4.78, 5) is 14.9. The Balaban J connectivity index is 1.31. The second kappa shape index (κ2) is 8.47. The van der Waals surface area contributed by atoms with E-state index in [4.69, 9.17) is 0 Å². The highest BCUT2D eigenvalue weighted by Crippen LogP contribution is 2.48.